The zero-order valence-electron chi connectivity index (χ0n) is 20.3. The second-order valence-corrected chi connectivity index (χ2v) is 10.2. The van der Waals surface area contributed by atoms with E-state index in [0.717, 1.165) is 79.4 Å². The van der Waals surface area contributed by atoms with Crippen LogP contribution in [0.5, 0.6) is 5.75 Å². The van der Waals surface area contributed by atoms with Crippen molar-refractivity contribution in [1.82, 2.24) is 15.0 Å². The molecule has 2 aliphatic rings. The van der Waals surface area contributed by atoms with Gasteiger partial charge in [0.05, 0.1) is 24.4 Å². The quantitative estimate of drug-likeness (QED) is 0.420. The highest BCUT2D eigenvalue weighted by molar-refractivity contribution is 5.84. The van der Waals surface area contributed by atoms with E-state index in [1.54, 1.807) is 6.07 Å². The Hall–Kier alpha value is -2.82. The molecule has 0 N–H and O–H groups in total. The lowest BCUT2D eigenvalue weighted by Gasteiger charge is -2.31. The molecule has 2 aromatic heterocycles. The minimum Gasteiger partial charge on any atom is -0.493 e. The van der Waals surface area contributed by atoms with E-state index in [4.69, 9.17) is 18.9 Å². The monoisotopic (exact) mass is 462 g/mol. The molecule has 0 radical (unpaired) electrons. The van der Waals surface area contributed by atoms with Crippen LogP contribution < -0.4 is 4.74 Å². The van der Waals surface area contributed by atoms with Gasteiger partial charge < -0.3 is 18.6 Å². The molecule has 7 heteroatoms. The van der Waals surface area contributed by atoms with Gasteiger partial charge in [0.25, 0.3) is 0 Å². The van der Waals surface area contributed by atoms with Crippen LogP contribution in [0.3, 0.4) is 0 Å². The number of rotatable bonds is 10. The molecule has 2 fully saturated rings. The molecule has 1 saturated carbocycles. The highest BCUT2D eigenvalue weighted by Gasteiger charge is 2.25. The third kappa shape index (κ3) is 5.45. The number of nitrogens with zero attached hydrogens (tertiary/aromatic N) is 4. The van der Waals surface area contributed by atoms with Crippen molar-refractivity contribution >= 4 is 11.0 Å². The van der Waals surface area contributed by atoms with E-state index in [-0.39, 0.29) is 0 Å². The fourth-order valence-corrected chi connectivity index (χ4v) is 4.88. The zero-order valence-corrected chi connectivity index (χ0v) is 20.3. The Morgan fingerprint density at radius 3 is 2.65 bits per heavy atom. The average Bonchev–Trinajstić information content (AvgIpc) is 3.40. The number of aromatic nitrogens is 1. The molecule has 5 rings (SSSR count). The van der Waals surface area contributed by atoms with Gasteiger partial charge in [0.15, 0.2) is 5.58 Å². The van der Waals surface area contributed by atoms with Crippen molar-refractivity contribution in [2.24, 2.45) is 11.8 Å². The van der Waals surface area contributed by atoms with Crippen LogP contribution in [0.25, 0.3) is 11.0 Å². The standard InChI is InChI=1S/C27H34N4O3/c1-30(2)17-24-26(32-18-20-3-4-20)10-8-23-25(29-34-27(23)24)9-5-19-11-13-31(14-12-19)16-22-7-6-21(15-28)33-22/h6-8,10,19-20H,3-5,9,11-14,16-18H2,1-2H3. The van der Waals surface area contributed by atoms with Crippen LogP contribution in [-0.4, -0.2) is 48.7 Å². The topological polar surface area (TPSA) is 78.7 Å². The normalized spacial score (nSPS) is 17.5. The number of benzene rings is 1. The maximum atomic E-state index is 8.93. The summed E-state index contributed by atoms with van der Waals surface area (Å²) in [4.78, 5) is 4.57. The number of piperidine rings is 1. The first-order valence-corrected chi connectivity index (χ1v) is 12.5. The van der Waals surface area contributed by atoms with Gasteiger partial charge in [-0.25, -0.2) is 0 Å². The van der Waals surface area contributed by atoms with Crippen molar-refractivity contribution in [3.63, 3.8) is 0 Å². The summed E-state index contributed by atoms with van der Waals surface area (Å²) < 4.78 is 17.6. The van der Waals surface area contributed by atoms with E-state index >= 15 is 0 Å². The molecule has 0 unspecified atom stereocenters. The van der Waals surface area contributed by atoms with Gasteiger partial charge in [0.1, 0.15) is 17.6 Å². The van der Waals surface area contributed by atoms with Gasteiger partial charge in [0.2, 0.25) is 5.76 Å². The van der Waals surface area contributed by atoms with Gasteiger partial charge in [-0.15, -0.1) is 0 Å². The lowest BCUT2D eigenvalue weighted by molar-refractivity contribution is 0.162. The van der Waals surface area contributed by atoms with Crippen molar-refractivity contribution < 1.29 is 13.7 Å². The van der Waals surface area contributed by atoms with E-state index in [1.165, 1.54) is 25.7 Å². The zero-order chi connectivity index (χ0) is 23.5. The van der Waals surface area contributed by atoms with Crippen LogP contribution in [0, 0.1) is 23.2 Å². The Balaban J connectivity index is 1.18. The Kier molecular flexibility index (Phi) is 6.89. The van der Waals surface area contributed by atoms with E-state index in [9.17, 15) is 0 Å². The lowest BCUT2D eigenvalue weighted by Crippen LogP contribution is -2.33. The maximum absolute atomic E-state index is 8.93. The fraction of sp³-hybridized carbons (Fsp3) is 0.556. The predicted octanol–water partition coefficient (Wildman–Crippen LogP) is 4.99. The van der Waals surface area contributed by atoms with Crippen LogP contribution in [0.15, 0.2) is 33.2 Å². The number of aryl methyl sites for hydroxylation is 1. The van der Waals surface area contributed by atoms with Gasteiger partial charge in [-0.2, -0.15) is 5.26 Å². The Labute approximate surface area is 201 Å². The molecule has 1 aliphatic heterocycles. The van der Waals surface area contributed by atoms with Crippen LogP contribution in [0.2, 0.25) is 0 Å². The molecule has 180 valence electrons. The van der Waals surface area contributed by atoms with E-state index in [1.807, 2.05) is 6.07 Å². The fourth-order valence-electron chi connectivity index (χ4n) is 4.88. The molecule has 0 bridgehead atoms. The number of likely N-dealkylation sites (tertiary alicyclic amines) is 1. The molecule has 1 aromatic carbocycles. The van der Waals surface area contributed by atoms with Crippen molar-refractivity contribution in [1.29, 1.82) is 5.26 Å². The van der Waals surface area contributed by atoms with E-state index < -0.39 is 0 Å². The minimum atomic E-state index is 0.389. The van der Waals surface area contributed by atoms with Crippen LogP contribution >= 0.6 is 0 Å². The maximum Gasteiger partial charge on any atom is 0.203 e. The van der Waals surface area contributed by atoms with E-state index in [2.05, 4.69) is 47.3 Å². The van der Waals surface area contributed by atoms with Gasteiger partial charge >= 0.3 is 0 Å². The van der Waals surface area contributed by atoms with Crippen LogP contribution in [0.4, 0.5) is 0 Å². The SMILES string of the molecule is CN(C)Cc1c(OCC2CC2)ccc2c(CCC3CCN(Cc4ccc(C#N)o4)CC3)noc12. The average molecular weight is 463 g/mol. The summed E-state index contributed by atoms with van der Waals surface area (Å²) in [7, 11) is 4.14. The Morgan fingerprint density at radius 1 is 1.12 bits per heavy atom. The third-order valence-electron chi connectivity index (χ3n) is 7.07. The summed E-state index contributed by atoms with van der Waals surface area (Å²) in [6.45, 7) is 4.46. The second kappa shape index (κ2) is 10.2. The Bertz CT molecular complexity index is 1150. The predicted molar refractivity (Wildman–Crippen MR) is 129 cm³/mol. The number of furan rings is 1. The van der Waals surface area contributed by atoms with Crippen molar-refractivity contribution in [2.45, 2.75) is 51.6 Å². The van der Waals surface area contributed by atoms with Gasteiger partial charge in [-0.3, -0.25) is 4.90 Å². The van der Waals surface area contributed by atoms with E-state index in [0.29, 0.717) is 17.6 Å². The molecule has 0 spiro atoms. The first kappa shape index (κ1) is 22.9. The lowest BCUT2D eigenvalue weighted by atomic mass is 9.91. The van der Waals surface area contributed by atoms with Crippen molar-refractivity contribution in [3.05, 3.63) is 47.0 Å². The number of hydrogen-bond donors (Lipinski definition) is 0. The summed E-state index contributed by atoms with van der Waals surface area (Å²) in [6, 6.07) is 9.95. The number of hydrogen-bond acceptors (Lipinski definition) is 7. The molecule has 0 atom stereocenters. The molecule has 3 aromatic rings. The molecule has 34 heavy (non-hydrogen) atoms. The minimum absolute atomic E-state index is 0.389. The molecule has 1 saturated heterocycles. The molecule has 3 heterocycles. The summed E-state index contributed by atoms with van der Waals surface area (Å²) in [6.07, 6.45) is 6.96. The highest BCUT2D eigenvalue weighted by Crippen LogP contribution is 2.35. The van der Waals surface area contributed by atoms with Gasteiger partial charge in [-0.1, -0.05) is 5.16 Å². The van der Waals surface area contributed by atoms with Crippen molar-refractivity contribution in [2.75, 3.05) is 33.8 Å². The number of fused-ring (bicyclic) bond motifs is 1. The first-order chi connectivity index (χ1) is 16.6. The summed E-state index contributed by atoms with van der Waals surface area (Å²) in [5.74, 6) is 3.60. The smallest absolute Gasteiger partial charge is 0.203 e. The first-order valence-electron chi connectivity index (χ1n) is 12.5. The van der Waals surface area contributed by atoms with Gasteiger partial charge in [0, 0.05) is 11.9 Å². The third-order valence-corrected chi connectivity index (χ3v) is 7.07. The number of ether oxygens (including phenoxy) is 1. The molecule has 1 aliphatic carbocycles. The van der Waals surface area contributed by atoms with Gasteiger partial charge in [-0.05, 0) is 102 Å². The van der Waals surface area contributed by atoms with Crippen LogP contribution in [0.1, 0.15) is 54.9 Å². The largest absolute Gasteiger partial charge is 0.493 e. The molecule has 7 nitrogen and oxygen atoms in total. The van der Waals surface area contributed by atoms with Crippen LogP contribution in [-0.2, 0) is 19.5 Å². The Morgan fingerprint density at radius 2 is 1.94 bits per heavy atom. The molecular formula is C27H34N4O3. The molecule has 0 amide bonds. The molecular weight excluding hydrogens is 428 g/mol. The number of nitriles is 1. The summed E-state index contributed by atoms with van der Waals surface area (Å²) in [5.41, 5.74) is 3.04. The summed E-state index contributed by atoms with van der Waals surface area (Å²) >= 11 is 0. The highest BCUT2D eigenvalue weighted by atomic mass is 16.5. The van der Waals surface area contributed by atoms with Crippen molar-refractivity contribution in [3.8, 4) is 11.8 Å². The summed E-state index contributed by atoms with van der Waals surface area (Å²) in [5, 5.41) is 14.5. The second-order valence-electron chi connectivity index (χ2n) is 10.2.